The molecule has 1 aromatic rings. The van der Waals surface area contributed by atoms with Crippen LogP contribution in [0.3, 0.4) is 0 Å². The van der Waals surface area contributed by atoms with Crippen LogP contribution in [0, 0.1) is 12.8 Å². The number of hydrogen-bond donors (Lipinski definition) is 3. The molecule has 0 saturated carbocycles. The van der Waals surface area contributed by atoms with E-state index in [2.05, 4.69) is 29.5 Å². The zero-order valence-electron chi connectivity index (χ0n) is 13.1. The molecule has 1 saturated heterocycles. The van der Waals surface area contributed by atoms with Gasteiger partial charge in [0.15, 0.2) is 0 Å². The lowest BCUT2D eigenvalue weighted by Gasteiger charge is -2.20. The highest BCUT2D eigenvalue weighted by atomic mass is 16.1. The van der Waals surface area contributed by atoms with Gasteiger partial charge in [0.25, 0.3) is 5.91 Å². The fourth-order valence-corrected chi connectivity index (χ4v) is 2.80. The number of benzene rings is 1. The van der Waals surface area contributed by atoms with E-state index in [9.17, 15) is 4.79 Å². The molecule has 1 heterocycles. The van der Waals surface area contributed by atoms with Crippen molar-refractivity contribution >= 4 is 11.6 Å². The summed E-state index contributed by atoms with van der Waals surface area (Å²) < 4.78 is 0. The van der Waals surface area contributed by atoms with Gasteiger partial charge >= 0.3 is 0 Å². The van der Waals surface area contributed by atoms with Crippen molar-refractivity contribution in [1.29, 1.82) is 0 Å². The van der Waals surface area contributed by atoms with E-state index in [1.807, 2.05) is 19.1 Å². The second kappa shape index (κ2) is 6.91. The SMILES string of the molecule is Cc1cc(C(=O)NCC2CCN(C(C)C)C2)ccc1NN. The van der Waals surface area contributed by atoms with E-state index in [-0.39, 0.29) is 5.91 Å². The molecule has 0 spiro atoms. The van der Waals surface area contributed by atoms with E-state index in [1.165, 1.54) is 0 Å². The van der Waals surface area contributed by atoms with Gasteiger partial charge in [-0.15, -0.1) is 0 Å². The summed E-state index contributed by atoms with van der Waals surface area (Å²) >= 11 is 0. The average molecular weight is 290 g/mol. The van der Waals surface area contributed by atoms with E-state index in [0.29, 0.717) is 17.5 Å². The molecule has 21 heavy (non-hydrogen) atoms. The van der Waals surface area contributed by atoms with Gasteiger partial charge in [0.2, 0.25) is 0 Å². The molecule has 1 aromatic carbocycles. The fraction of sp³-hybridized carbons (Fsp3) is 0.562. The van der Waals surface area contributed by atoms with Crippen molar-refractivity contribution in [2.24, 2.45) is 11.8 Å². The summed E-state index contributed by atoms with van der Waals surface area (Å²) in [4.78, 5) is 14.7. The third-order valence-corrected chi connectivity index (χ3v) is 4.24. The largest absolute Gasteiger partial charge is 0.352 e. The lowest BCUT2D eigenvalue weighted by molar-refractivity contribution is 0.0947. The number of amides is 1. The molecule has 1 amide bonds. The topological polar surface area (TPSA) is 70.4 Å². The van der Waals surface area contributed by atoms with Gasteiger partial charge in [-0.1, -0.05) is 0 Å². The van der Waals surface area contributed by atoms with Crippen LogP contribution in [-0.4, -0.2) is 36.5 Å². The van der Waals surface area contributed by atoms with E-state index in [1.54, 1.807) is 6.07 Å². The summed E-state index contributed by atoms with van der Waals surface area (Å²) in [7, 11) is 0. The van der Waals surface area contributed by atoms with E-state index in [0.717, 1.165) is 37.3 Å². The van der Waals surface area contributed by atoms with Gasteiger partial charge in [-0.3, -0.25) is 10.6 Å². The number of nitrogens with one attached hydrogen (secondary N) is 2. The molecule has 0 aromatic heterocycles. The molecule has 1 unspecified atom stereocenters. The minimum absolute atomic E-state index is 0.00957. The molecule has 1 aliphatic rings. The number of aryl methyl sites for hydroxylation is 1. The van der Waals surface area contributed by atoms with Gasteiger partial charge in [-0.25, -0.2) is 0 Å². The zero-order valence-corrected chi connectivity index (χ0v) is 13.1. The highest BCUT2D eigenvalue weighted by Crippen LogP contribution is 2.18. The molecule has 5 nitrogen and oxygen atoms in total. The number of rotatable bonds is 5. The van der Waals surface area contributed by atoms with Crippen molar-refractivity contribution in [1.82, 2.24) is 10.2 Å². The monoisotopic (exact) mass is 290 g/mol. The Kier molecular flexibility index (Phi) is 5.20. The summed E-state index contributed by atoms with van der Waals surface area (Å²) in [6.45, 7) is 9.33. The number of carbonyl (C=O) groups is 1. The van der Waals surface area contributed by atoms with Gasteiger partial charge in [0.05, 0.1) is 5.69 Å². The van der Waals surface area contributed by atoms with Crippen LogP contribution in [0.1, 0.15) is 36.2 Å². The third-order valence-electron chi connectivity index (χ3n) is 4.24. The van der Waals surface area contributed by atoms with Crippen molar-refractivity contribution < 1.29 is 4.79 Å². The number of carbonyl (C=O) groups excluding carboxylic acids is 1. The molecule has 0 aliphatic carbocycles. The highest BCUT2D eigenvalue weighted by molar-refractivity contribution is 5.94. The summed E-state index contributed by atoms with van der Waals surface area (Å²) in [5.41, 5.74) is 5.11. The maximum Gasteiger partial charge on any atom is 0.251 e. The van der Waals surface area contributed by atoms with E-state index in [4.69, 9.17) is 5.84 Å². The van der Waals surface area contributed by atoms with Gasteiger partial charge in [-0.2, -0.15) is 0 Å². The van der Waals surface area contributed by atoms with Gasteiger partial charge in [0.1, 0.15) is 0 Å². The van der Waals surface area contributed by atoms with Crippen LogP contribution in [0.5, 0.6) is 0 Å². The second-order valence-electron chi connectivity index (χ2n) is 6.13. The first-order valence-electron chi connectivity index (χ1n) is 7.60. The van der Waals surface area contributed by atoms with Crippen LogP contribution >= 0.6 is 0 Å². The first-order chi connectivity index (χ1) is 10.0. The molecule has 0 radical (unpaired) electrons. The second-order valence-corrected chi connectivity index (χ2v) is 6.13. The Hall–Kier alpha value is -1.59. The Morgan fingerprint density at radius 1 is 1.48 bits per heavy atom. The summed E-state index contributed by atoms with van der Waals surface area (Å²) in [5, 5.41) is 3.05. The minimum atomic E-state index is -0.00957. The fourth-order valence-electron chi connectivity index (χ4n) is 2.80. The van der Waals surface area contributed by atoms with Crippen molar-refractivity contribution in [3.63, 3.8) is 0 Å². The average Bonchev–Trinajstić information content (AvgIpc) is 2.93. The summed E-state index contributed by atoms with van der Waals surface area (Å²) in [5.74, 6) is 5.95. The van der Waals surface area contributed by atoms with Crippen molar-refractivity contribution in [2.45, 2.75) is 33.2 Å². The van der Waals surface area contributed by atoms with Gasteiger partial charge < -0.3 is 15.6 Å². The lowest BCUT2D eigenvalue weighted by atomic mass is 10.1. The van der Waals surface area contributed by atoms with E-state index < -0.39 is 0 Å². The summed E-state index contributed by atoms with van der Waals surface area (Å²) in [6.07, 6.45) is 1.16. The van der Waals surface area contributed by atoms with Crippen LogP contribution in [0.4, 0.5) is 5.69 Å². The summed E-state index contributed by atoms with van der Waals surface area (Å²) in [6, 6.07) is 6.08. The third kappa shape index (κ3) is 3.95. The number of nitrogens with two attached hydrogens (primary N) is 1. The molecule has 2 rings (SSSR count). The van der Waals surface area contributed by atoms with E-state index >= 15 is 0 Å². The van der Waals surface area contributed by atoms with Crippen LogP contribution in [-0.2, 0) is 0 Å². The van der Waals surface area contributed by atoms with Gasteiger partial charge in [0, 0.05) is 24.7 Å². The van der Waals surface area contributed by atoms with Crippen LogP contribution in [0.2, 0.25) is 0 Å². The number of likely N-dealkylation sites (tertiary alicyclic amines) is 1. The Morgan fingerprint density at radius 2 is 2.24 bits per heavy atom. The molecule has 0 bridgehead atoms. The maximum absolute atomic E-state index is 12.2. The maximum atomic E-state index is 12.2. The first-order valence-corrected chi connectivity index (χ1v) is 7.60. The Bertz CT molecular complexity index is 501. The standard InChI is InChI=1S/C16H26N4O/c1-11(2)20-7-6-13(10-20)9-18-16(21)14-4-5-15(19-17)12(3)8-14/h4-5,8,11,13,19H,6-7,9-10,17H2,1-3H3,(H,18,21). The van der Waals surface area contributed by atoms with Crippen molar-refractivity contribution in [3.8, 4) is 0 Å². The zero-order chi connectivity index (χ0) is 15.4. The quantitative estimate of drug-likeness (QED) is 0.571. The Morgan fingerprint density at radius 3 is 2.81 bits per heavy atom. The van der Waals surface area contributed by atoms with Crippen LogP contribution in [0.15, 0.2) is 18.2 Å². The predicted molar refractivity (Wildman–Crippen MR) is 86.1 cm³/mol. The predicted octanol–water partition coefficient (Wildman–Crippen LogP) is 1.74. The first kappa shape index (κ1) is 15.8. The molecule has 5 heteroatoms. The normalized spacial score (nSPS) is 19.0. The minimum Gasteiger partial charge on any atom is -0.352 e. The Labute approximate surface area is 126 Å². The molecule has 4 N–H and O–H groups in total. The number of hydrazine groups is 1. The molecular weight excluding hydrogens is 264 g/mol. The Balaban J connectivity index is 1.86. The molecule has 1 fully saturated rings. The number of hydrogen-bond acceptors (Lipinski definition) is 4. The van der Waals surface area contributed by atoms with Crippen LogP contribution < -0.4 is 16.6 Å². The molecule has 1 atom stereocenters. The molecule has 116 valence electrons. The van der Waals surface area contributed by atoms with Crippen molar-refractivity contribution in [2.75, 3.05) is 25.1 Å². The lowest BCUT2D eigenvalue weighted by Crippen LogP contribution is -2.33. The van der Waals surface area contributed by atoms with Gasteiger partial charge in [-0.05, 0) is 63.4 Å². The van der Waals surface area contributed by atoms with Crippen molar-refractivity contribution in [3.05, 3.63) is 29.3 Å². The highest BCUT2D eigenvalue weighted by Gasteiger charge is 2.24. The van der Waals surface area contributed by atoms with Crippen LogP contribution in [0.25, 0.3) is 0 Å². The molecular formula is C16H26N4O. The number of nitrogen functional groups attached to an aromatic ring is 1. The number of anilines is 1. The number of nitrogens with zero attached hydrogens (tertiary/aromatic N) is 1. The smallest absolute Gasteiger partial charge is 0.251 e. The molecule has 1 aliphatic heterocycles.